The molecule has 0 amide bonds. The molecule has 0 spiro atoms. The molecule has 0 aliphatic heterocycles. The summed E-state index contributed by atoms with van der Waals surface area (Å²) in [5.41, 5.74) is 0.734. The largest absolute Gasteiger partial charge is 0.491 e. The van der Waals surface area contributed by atoms with Gasteiger partial charge >= 0.3 is 7.12 Å². The van der Waals surface area contributed by atoms with Gasteiger partial charge in [-0.25, -0.2) is 0 Å². The molecule has 4 heteroatoms. The van der Waals surface area contributed by atoms with Gasteiger partial charge in [0, 0.05) is 6.61 Å². The molecule has 1 unspecified atom stereocenters. The lowest BCUT2D eigenvalue weighted by Gasteiger charge is -2.09. The maximum atomic E-state index is 9.53. The second-order valence-corrected chi connectivity index (χ2v) is 3.27. The first-order chi connectivity index (χ1) is 6.70. The maximum absolute atomic E-state index is 9.53. The van der Waals surface area contributed by atoms with Gasteiger partial charge in [-0.3, -0.25) is 0 Å². The Morgan fingerprint density at radius 3 is 2.57 bits per heavy atom. The molecule has 3 nitrogen and oxygen atoms in total. The van der Waals surface area contributed by atoms with Crippen molar-refractivity contribution in [2.75, 3.05) is 6.61 Å². The van der Waals surface area contributed by atoms with Gasteiger partial charge in [0.15, 0.2) is 0 Å². The highest BCUT2D eigenvalue weighted by Crippen LogP contribution is 1.93. The Morgan fingerprint density at radius 1 is 1.36 bits per heavy atom. The van der Waals surface area contributed by atoms with Crippen LogP contribution >= 0.6 is 0 Å². The minimum absolute atomic E-state index is 0.355. The third-order valence-corrected chi connectivity index (χ3v) is 1.90. The second kappa shape index (κ2) is 5.80. The maximum Gasteiger partial charge on any atom is 0.491 e. The molecule has 1 aromatic rings. The smallest absolute Gasteiger partial charge is 0.423 e. The topological polar surface area (TPSA) is 49.7 Å². The normalized spacial score (nSPS) is 12.5. The second-order valence-electron chi connectivity index (χ2n) is 3.27. The first kappa shape index (κ1) is 11.2. The van der Waals surface area contributed by atoms with Crippen LogP contribution in [-0.2, 0) is 4.65 Å². The zero-order chi connectivity index (χ0) is 10.4. The van der Waals surface area contributed by atoms with Crippen molar-refractivity contribution in [3.63, 3.8) is 0 Å². The molecule has 0 aromatic heterocycles. The predicted octanol–water partition coefficient (Wildman–Crippen LogP) is 0.162. The SMILES string of the molecule is CC(O)CCOB(O)c1ccccc1. The molecule has 0 saturated heterocycles. The van der Waals surface area contributed by atoms with Gasteiger partial charge in [-0.05, 0) is 18.8 Å². The molecule has 0 bridgehead atoms. The van der Waals surface area contributed by atoms with Crippen molar-refractivity contribution in [1.29, 1.82) is 0 Å². The van der Waals surface area contributed by atoms with E-state index in [4.69, 9.17) is 9.76 Å². The van der Waals surface area contributed by atoms with Crippen LogP contribution in [-0.4, -0.2) is 30.0 Å². The lowest BCUT2D eigenvalue weighted by molar-refractivity contribution is 0.149. The zero-order valence-corrected chi connectivity index (χ0v) is 8.26. The Morgan fingerprint density at radius 2 is 2.00 bits per heavy atom. The molecular formula is C10H15BO3. The minimum atomic E-state index is -0.894. The lowest BCUT2D eigenvalue weighted by Crippen LogP contribution is -2.34. The van der Waals surface area contributed by atoms with Crippen LogP contribution in [0.15, 0.2) is 30.3 Å². The summed E-state index contributed by atoms with van der Waals surface area (Å²) in [5, 5.41) is 18.5. The Balaban J connectivity index is 2.32. The number of rotatable bonds is 5. The molecule has 0 aliphatic rings. The van der Waals surface area contributed by atoms with Crippen molar-refractivity contribution in [1.82, 2.24) is 0 Å². The summed E-state index contributed by atoms with van der Waals surface area (Å²) in [6, 6.07) is 9.17. The summed E-state index contributed by atoms with van der Waals surface area (Å²) in [6.45, 7) is 2.05. The Labute approximate surface area is 84.5 Å². The molecule has 14 heavy (non-hydrogen) atoms. The summed E-state index contributed by atoms with van der Waals surface area (Å²) in [7, 11) is -0.894. The van der Waals surface area contributed by atoms with Crippen LogP contribution in [0.3, 0.4) is 0 Å². The first-order valence-corrected chi connectivity index (χ1v) is 4.73. The van der Waals surface area contributed by atoms with Gasteiger partial charge < -0.3 is 14.8 Å². The van der Waals surface area contributed by atoms with Gasteiger partial charge in [0.1, 0.15) is 0 Å². The van der Waals surface area contributed by atoms with E-state index in [2.05, 4.69) is 0 Å². The van der Waals surface area contributed by atoms with Gasteiger partial charge in [-0.15, -0.1) is 0 Å². The molecule has 2 N–H and O–H groups in total. The summed E-state index contributed by atoms with van der Waals surface area (Å²) in [5.74, 6) is 0. The van der Waals surface area contributed by atoms with Crippen LogP contribution < -0.4 is 5.46 Å². The molecule has 0 fully saturated rings. The quantitative estimate of drug-likeness (QED) is 0.656. The highest BCUT2D eigenvalue weighted by Gasteiger charge is 2.15. The van der Waals surface area contributed by atoms with Crippen LogP contribution in [0.25, 0.3) is 0 Å². The van der Waals surface area contributed by atoms with Crippen molar-refractivity contribution < 1.29 is 14.8 Å². The van der Waals surface area contributed by atoms with Gasteiger partial charge in [-0.1, -0.05) is 30.3 Å². The fourth-order valence-corrected chi connectivity index (χ4v) is 1.06. The molecule has 0 saturated carbocycles. The summed E-state index contributed by atoms with van der Waals surface area (Å²) < 4.78 is 5.13. The van der Waals surface area contributed by atoms with E-state index in [1.165, 1.54) is 0 Å². The molecular weight excluding hydrogens is 179 g/mol. The highest BCUT2D eigenvalue weighted by atomic mass is 16.5. The van der Waals surface area contributed by atoms with E-state index in [1.54, 1.807) is 19.1 Å². The molecule has 0 aliphatic carbocycles. The summed E-state index contributed by atoms with van der Waals surface area (Å²) in [4.78, 5) is 0. The van der Waals surface area contributed by atoms with E-state index in [0.717, 1.165) is 5.46 Å². The molecule has 1 atom stereocenters. The average Bonchev–Trinajstić information content (AvgIpc) is 2.18. The number of benzene rings is 1. The van der Waals surface area contributed by atoms with Crippen molar-refractivity contribution in [2.45, 2.75) is 19.4 Å². The van der Waals surface area contributed by atoms with E-state index in [1.807, 2.05) is 18.2 Å². The Bertz CT molecular complexity index is 251. The van der Waals surface area contributed by atoms with E-state index in [-0.39, 0.29) is 0 Å². The molecule has 0 radical (unpaired) electrons. The Kier molecular flexibility index (Phi) is 4.66. The lowest BCUT2D eigenvalue weighted by atomic mass is 9.80. The number of aliphatic hydroxyl groups excluding tert-OH is 1. The highest BCUT2D eigenvalue weighted by molar-refractivity contribution is 6.59. The van der Waals surface area contributed by atoms with Gasteiger partial charge in [0.05, 0.1) is 6.10 Å². The third-order valence-electron chi connectivity index (χ3n) is 1.90. The zero-order valence-electron chi connectivity index (χ0n) is 8.26. The van der Waals surface area contributed by atoms with Crippen molar-refractivity contribution in [3.8, 4) is 0 Å². The fourth-order valence-electron chi connectivity index (χ4n) is 1.06. The van der Waals surface area contributed by atoms with E-state index < -0.39 is 13.2 Å². The van der Waals surface area contributed by atoms with Crippen LogP contribution in [0.1, 0.15) is 13.3 Å². The first-order valence-electron chi connectivity index (χ1n) is 4.73. The predicted molar refractivity (Wildman–Crippen MR) is 56.3 cm³/mol. The minimum Gasteiger partial charge on any atom is -0.423 e. The van der Waals surface area contributed by atoms with Crippen molar-refractivity contribution in [2.24, 2.45) is 0 Å². The van der Waals surface area contributed by atoms with E-state index in [9.17, 15) is 5.02 Å². The fraction of sp³-hybridized carbons (Fsp3) is 0.400. The van der Waals surface area contributed by atoms with E-state index in [0.29, 0.717) is 13.0 Å². The van der Waals surface area contributed by atoms with Crippen molar-refractivity contribution >= 4 is 12.6 Å². The van der Waals surface area contributed by atoms with Crippen LogP contribution in [0, 0.1) is 0 Å². The van der Waals surface area contributed by atoms with Gasteiger partial charge in [0.2, 0.25) is 0 Å². The number of hydrogen-bond donors (Lipinski definition) is 2. The van der Waals surface area contributed by atoms with Crippen LogP contribution in [0.4, 0.5) is 0 Å². The Hall–Kier alpha value is -0.835. The molecule has 0 heterocycles. The molecule has 1 aromatic carbocycles. The summed E-state index contributed by atoms with van der Waals surface area (Å²) >= 11 is 0. The van der Waals surface area contributed by atoms with Crippen LogP contribution in [0.2, 0.25) is 0 Å². The van der Waals surface area contributed by atoms with Crippen LogP contribution in [0.5, 0.6) is 0 Å². The number of hydrogen-bond acceptors (Lipinski definition) is 3. The average molecular weight is 194 g/mol. The number of aliphatic hydroxyl groups is 1. The van der Waals surface area contributed by atoms with Gasteiger partial charge in [0.25, 0.3) is 0 Å². The van der Waals surface area contributed by atoms with Crippen molar-refractivity contribution in [3.05, 3.63) is 30.3 Å². The summed E-state index contributed by atoms with van der Waals surface area (Å²) in [6.07, 6.45) is 0.141. The molecule has 76 valence electrons. The monoisotopic (exact) mass is 194 g/mol. The standard InChI is InChI=1S/C10H15BO3/c1-9(12)7-8-14-11(13)10-5-3-2-4-6-10/h2-6,9,12-13H,7-8H2,1H3. The third kappa shape index (κ3) is 3.92. The molecule has 1 rings (SSSR count). The van der Waals surface area contributed by atoms with E-state index >= 15 is 0 Å². The van der Waals surface area contributed by atoms with Gasteiger partial charge in [-0.2, -0.15) is 0 Å².